The number of carbonyl (C=O) groups is 1. The van der Waals surface area contributed by atoms with Crippen LogP contribution in [0.2, 0.25) is 0 Å². The Morgan fingerprint density at radius 2 is 2.12 bits per heavy atom. The highest BCUT2D eigenvalue weighted by Gasteiger charge is 2.28. The summed E-state index contributed by atoms with van der Waals surface area (Å²) in [6, 6.07) is 5.77. The SMILES string of the molecule is Cc1noc2ncnc(N3CCC[C@H](C(=O)Nc4ccc(F)cc4)C3)c12. The first-order valence-corrected chi connectivity index (χ1v) is 8.50. The van der Waals surface area contributed by atoms with Crippen molar-refractivity contribution in [3.05, 3.63) is 42.1 Å². The van der Waals surface area contributed by atoms with Gasteiger partial charge < -0.3 is 14.7 Å². The number of amides is 1. The van der Waals surface area contributed by atoms with Crippen LogP contribution in [0.25, 0.3) is 11.1 Å². The third kappa shape index (κ3) is 3.10. The van der Waals surface area contributed by atoms with Crippen molar-refractivity contribution in [3.63, 3.8) is 0 Å². The van der Waals surface area contributed by atoms with Gasteiger partial charge in [-0.05, 0) is 44.0 Å². The minimum Gasteiger partial charge on any atom is -0.355 e. The lowest BCUT2D eigenvalue weighted by Crippen LogP contribution is -2.41. The van der Waals surface area contributed by atoms with Crippen molar-refractivity contribution in [3.8, 4) is 0 Å². The van der Waals surface area contributed by atoms with Crippen LogP contribution in [0.15, 0.2) is 35.1 Å². The number of benzene rings is 1. The molecular weight excluding hydrogens is 337 g/mol. The van der Waals surface area contributed by atoms with Crippen LogP contribution in [0.1, 0.15) is 18.5 Å². The quantitative estimate of drug-likeness (QED) is 0.778. The van der Waals surface area contributed by atoms with Crippen LogP contribution >= 0.6 is 0 Å². The predicted molar refractivity (Wildman–Crippen MR) is 94.3 cm³/mol. The fourth-order valence-electron chi connectivity index (χ4n) is 3.30. The van der Waals surface area contributed by atoms with E-state index in [1.54, 1.807) is 12.1 Å². The molecule has 0 radical (unpaired) electrons. The Morgan fingerprint density at radius 3 is 2.92 bits per heavy atom. The van der Waals surface area contributed by atoms with Crippen LogP contribution in [-0.2, 0) is 4.79 Å². The van der Waals surface area contributed by atoms with Crippen LogP contribution in [0.5, 0.6) is 0 Å². The molecule has 0 spiro atoms. The van der Waals surface area contributed by atoms with Crippen LogP contribution in [0, 0.1) is 18.7 Å². The third-order valence-electron chi connectivity index (χ3n) is 4.63. The summed E-state index contributed by atoms with van der Waals surface area (Å²) in [5.74, 6) is 0.157. The molecule has 4 rings (SSSR count). The Hall–Kier alpha value is -3.03. The molecule has 8 heteroatoms. The third-order valence-corrected chi connectivity index (χ3v) is 4.63. The zero-order valence-corrected chi connectivity index (χ0v) is 14.3. The van der Waals surface area contributed by atoms with Crippen molar-refractivity contribution in [1.82, 2.24) is 15.1 Å². The molecule has 2 aromatic heterocycles. The first kappa shape index (κ1) is 16.4. The summed E-state index contributed by atoms with van der Waals surface area (Å²) >= 11 is 0. The molecule has 134 valence electrons. The molecule has 0 bridgehead atoms. The Labute approximate surface area is 149 Å². The summed E-state index contributed by atoms with van der Waals surface area (Å²) in [6.45, 7) is 3.20. The number of carbonyl (C=O) groups excluding carboxylic acids is 1. The van der Waals surface area contributed by atoms with Gasteiger partial charge >= 0.3 is 0 Å². The topological polar surface area (TPSA) is 84.2 Å². The lowest BCUT2D eigenvalue weighted by molar-refractivity contribution is -0.120. The normalized spacial score (nSPS) is 17.5. The van der Waals surface area contributed by atoms with E-state index in [2.05, 4.69) is 25.3 Å². The van der Waals surface area contributed by atoms with E-state index in [-0.39, 0.29) is 17.6 Å². The highest BCUT2D eigenvalue weighted by molar-refractivity contribution is 5.93. The molecular formula is C18H18FN5O2. The molecule has 26 heavy (non-hydrogen) atoms. The van der Waals surface area contributed by atoms with E-state index in [1.807, 2.05) is 6.92 Å². The first-order chi connectivity index (χ1) is 12.6. The average Bonchev–Trinajstić information content (AvgIpc) is 3.05. The second kappa shape index (κ2) is 6.70. The number of hydrogen-bond donors (Lipinski definition) is 1. The maximum absolute atomic E-state index is 13.0. The summed E-state index contributed by atoms with van der Waals surface area (Å²) in [4.78, 5) is 23.2. The zero-order chi connectivity index (χ0) is 18.1. The molecule has 1 fully saturated rings. The van der Waals surface area contributed by atoms with Gasteiger partial charge in [0, 0.05) is 18.8 Å². The van der Waals surface area contributed by atoms with Gasteiger partial charge in [0.15, 0.2) is 0 Å². The Kier molecular flexibility index (Phi) is 4.24. The van der Waals surface area contributed by atoms with Crippen molar-refractivity contribution in [2.45, 2.75) is 19.8 Å². The lowest BCUT2D eigenvalue weighted by atomic mass is 9.96. The first-order valence-electron chi connectivity index (χ1n) is 8.50. The van der Waals surface area contributed by atoms with E-state index in [9.17, 15) is 9.18 Å². The van der Waals surface area contributed by atoms with Crippen LogP contribution in [0.4, 0.5) is 15.9 Å². The van der Waals surface area contributed by atoms with Crippen LogP contribution in [0.3, 0.4) is 0 Å². The van der Waals surface area contributed by atoms with Crippen LogP contribution < -0.4 is 10.2 Å². The minimum atomic E-state index is -0.330. The second-order valence-electron chi connectivity index (χ2n) is 6.43. The Morgan fingerprint density at radius 1 is 1.31 bits per heavy atom. The predicted octanol–water partition coefficient (Wildman–Crippen LogP) is 2.92. The van der Waals surface area contributed by atoms with Gasteiger partial charge in [0.25, 0.3) is 5.71 Å². The molecule has 1 aromatic carbocycles. The maximum Gasteiger partial charge on any atom is 0.263 e. The Balaban J connectivity index is 1.52. The van der Waals surface area contributed by atoms with E-state index in [0.717, 1.165) is 36.3 Å². The maximum atomic E-state index is 13.0. The molecule has 0 unspecified atom stereocenters. The number of halogens is 1. The fourth-order valence-corrected chi connectivity index (χ4v) is 3.30. The number of anilines is 2. The van der Waals surface area contributed by atoms with E-state index < -0.39 is 0 Å². The second-order valence-corrected chi connectivity index (χ2v) is 6.43. The molecule has 1 aliphatic heterocycles. The molecule has 0 saturated carbocycles. The van der Waals surface area contributed by atoms with Gasteiger partial charge in [0.2, 0.25) is 5.91 Å². The van der Waals surface area contributed by atoms with Gasteiger partial charge in [-0.2, -0.15) is 4.98 Å². The molecule has 3 heterocycles. The van der Waals surface area contributed by atoms with Crippen molar-refractivity contribution >= 4 is 28.5 Å². The number of aromatic nitrogens is 3. The van der Waals surface area contributed by atoms with Gasteiger partial charge in [-0.1, -0.05) is 5.16 Å². The fraction of sp³-hybridized carbons (Fsp3) is 0.333. The molecule has 7 nitrogen and oxygen atoms in total. The molecule has 0 aliphatic carbocycles. The largest absolute Gasteiger partial charge is 0.355 e. The summed E-state index contributed by atoms with van der Waals surface area (Å²) in [6.07, 6.45) is 3.11. The molecule has 1 atom stereocenters. The molecule has 1 aliphatic rings. The summed E-state index contributed by atoms with van der Waals surface area (Å²) < 4.78 is 18.2. The van der Waals surface area contributed by atoms with Crippen molar-refractivity contribution in [2.75, 3.05) is 23.3 Å². The lowest BCUT2D eigenvalue weighted by Gasteiger charge is -2.33. The summed E-state index contributed by atoms with van der Waals surface area (Å²) in [5, 5.41) is 7.60. The zero-order valence-electron chi connectivity index (χ0n) is 14.3. The van der Waals surface area contributed by atoms with E-state index in [4.69, 9.17) is 4.52 Å². The highest BCUT2D eigenvalue weighted by Crippen LogP contribution is 2.29. The number of nitrogens with zero attached hydrogens (tertiary/aromatic N) is 4. The number of piperidine rings is 1. The summed E-state index contributed by atoms with van der Waals surface area (Å²) in [5.41, 5.74) is 1.77. The number of hydrogen-bond acceptors (Lipinski definition) is 6. The highest BCUT2D eigenvalue weighted by atomic mass is 19.1. The smallest absolute Gasteiger partial charge is 0.263 e. The van der Waals surface area contributed by atoms with Crippen molar-refractivity contribution in [2.24, 2.45) is 5.92 Å². The minimum absolute atomic E-state index is 0.0753. The number of rotatable bonds is 3. The van der Waals surface area contributed by atoms with Gasteiger partial charge in [0.05, 0.1) is 11.6 Å². The van der Waals surface area contributed by atoms with Crippen LogP contribution in [-0.4, -0.2) is 34.1 Å². The molecule has 1 N–H and O–H groups in total. The van der Waals surface area contributed by atoms with E-state index in [1.165, 1.54) is 18.5 Å². The number of nitrogens with one attached hydrogen (secondary N) is 1. The average molecular weight is 355 g/mol. The Bertz CT molecular complexity index is 940. The standard InChI is InChI=1S/C18H18FN5O2/c1-11-15-16(20-10-21-18(15)26-23-11)24-8-2-3-12(9-24)17(25)22-14-6-4-13(19)5-7-14/h4-7,10,12H,2-3,8-9H2,1H3,(H,22,25)/t12-/m0/s1. The van der Waals surface area contributed by atoms with Gasteiger partial charge in [0.1, 0.15) is 23.3 Å². The molecule has 3 aromatic rings. The van der Waals surface area contributed by atoms with E-state index in [0.29, 0.717) is 17.9 Å². The molecule has 1 saturated heterocycles. The number of fused-ring (bicyclic) bond motifs is 1. The monoisotopic (exact) mass is 355 g/mol. The van der Waals surface area contributed by atoms with Crippen molar-refractivity contribution < 1.29 is 13.7 Å². The van der Waals surface area contributed by atoms with Gasteiger partial charge in [-0.3, -0.25) is 4.79 Å². The summed E-state index contributed by atoms with van der Waals surface area (Å²) in [7, 11) is 0. The molecule has 1 amide bonds. The van der Waals surface area contributed by atoms with E-state index >= 15 is 0 Å². The van der Waals surface area contributed by atoms with Gasteiger partial charge in [-0.15, -0.1) is 0 Å². The van der Waals surface area contributed by atoms with Gasteiger partial charge in [-0.25, -0.2) is 9.37 Å². The number of aryl methyl sites for hydroxylation is 1. The van der Waals surface area contributed by atoms with Crippen molar-refractivity contribution in [1.29, 1.82) is 0 Å².